The minimum atomic E-state index is 0.0247. The van der Waals surface area contributed by atoms with Gasteiger partial charge in [-0.15, -0.1) is 0 Å². The molecule has 1 aromatic heterocycles. The van der Waals surface area contributed by atoms with E-state index in [1.165, 1.54) is 11.9 Å². The second-order valence-electron chi connectivity index (χ2n) is 5.80. The molecule has 6 heteroatoms. The first-order chi connectivity index (χ1) is 11.3. The zero-order valence-electron chi connectivity index (χ0n) is 13.4. The quantitative estimate of drug-likeness (QED) is 0.848. The number of aromatic nitrogens is 3. The molecule has 1 aliphatic rings. The highest BCUT2D eigenvalue weighted by molar-refractivity contribution is 5.77. The third kappa shape index (κ3) is 3.88. The minimum Gasteiger partial charge on any atom is -0.484 e. The summed E-state index contributed by atoms with van der Waals surface area (Å²) in [5, 5.41) is 4.18. The van der Waals surface area contributed by atoms with E-state index < -0.39 is 0 Å². The van der Waals surface area contributed by atoms with Gasteiger partial charge in [0.05, 0.1) is 6.04 Å². The van der Waals surface area contributed by atoms with Crippen LogP contribution in [0.5, 0.6) is 5.75 Å². The molecule has 6 nitrogen and oxygen atoms in total. The van der Waals surface area contributed by atoms with E-state index in [0.29, 0.717) is 6.54 Å². The Morgan fingerprint density at radius 1 is 1.43 bits per heavy atom. The Morgan fingerprint density at radius 3 is 3.13 bits per heavy atom. The largest absolute Gasteiger partial charge is 0.484 e. The lowest BCUT2D eigenvalue weighted by atomic mass is 10.1. The molecule has 1 aromatic carbocycles. The SMILES string of the molecule is CCc1cccc(OCC(=O)N2CCC[C@@H](n3cncn3)C2)c1. The van der Waals surface area contributed by atoms with Crippen LogP contribution < -0.4 is 4.74 Å². The number of benzene rings is 1. The third-order valence-electron chi connectivity index (χ3n) is 4.23. The van der Waals surface area contributed by atoms with Crippen LogP contribution in [0.2, 0.25) is 0 Å². The van der Waals surface area contributed by atoms with Crippen molar-refractivity contribution in [3.8, 4) is 5.75 Å². The summed E-state index contributed by atoms with van der Waals surface area (Å²) in [4.78, 5) is 18.2. The lowest BCUT2D eigenvalue weighted by molar-refractivity contribution is -0.135. The molecule has 1 amide bonds. The summed E-state index contributed by atoms with van der Waals surface area (Å²) in [6.07, 6.45) is 6.20. The topological polar surface area (TPSA) is 60.2 Å². The van der Waals surface area contributed by atoms with Crippen molar-refractivity contribution in [1.82, 2.24) is 19.7 Å². The van der Waals surface area contributed by atoms with Gasteiger partial charge in [-0.1, -0.05) is 19.1 Å². The van der Waals surface area contributed by atoms with Crippen molar-refractivity contribution in [2.75, 3.05) is 19.7 Å². The fraction of sp³-hybridized carbons (Fsp3) is 0.471. The van der Waals surface area contributed by atoms with Crippen molar-refractivity contribution in [2.24, 2.45) is 0 Å². The zero-order chi connectivity index (χ0) is 16.1. The van der Waals surface area contributed by atoms with Gasteiger partial charge in [-0.2, -0.15) is 5.10 Å². The number of amides is 1. The zero-order valence-corrected chi connectivity index (χ0v) is 13.4. The Hall–Kier alpha value is -2.37. The minimum absolute atomic E-state index is 0.0247. The van der Waals surface area contributed by atoms with Crippen molar-refractivity contribution < 1.29 is 9.53 Å². The first-order valence-electron chi connectivity index (χ1n) is 8.10. The van der Waals surface area contributed by atoms with Crippen LogP contribution in [0.3, 0.4) is 0 Å². The highest BCUT2D eigenvalue weighted by atomic mass is 16.5. The number of rotatable bonds is 5. The van der Waals surface area contributed by atoms with Crippen LogP contribution in [0.25, 0.3) is 0 Å². The Balaban J connectivity index is 1.55. The molecule has 0 unspecified atom stereocenters. The van der Waals surface area contributed by atoms with Gasteiger partial charge in [0, 0.05) is 13.1 Å². The van der Waals surface area contributed by atoms with Crippen molar-refractivity contribution in [3.05, 3.63) is 42.5 Å². The average molecular weight is 314 g/mol. The molecule has 122 valence electrons. The number of likely N-dealkylation sites (tertiary alicyclic amines) is 1. The van der Waals surface area contributed by atoms with Gasteiger partial charge in [-0.25, -0.2) is 9.67 Å². The van der Waals surface area contributed by atoms with E-state index >= 15 is 0 Å². The molecule has 2 heterocycles. The number of carbonyl (C=O) groups is 1. The summed E-state index contributed by atoms with van der Waals surface area (Å²) in [5.74, 6) is 0.777. The molecule has 0 saturated carbocycles. The molecular weight excluding hydrogens is 292 g/mol. The molecule has 1 fully saturated rings. The fourth-order valence-electron chi connectivity index (χ4n) is 2.89. The normalized spacial score (nSPS) is 18.0. The molecule has 3 rings (SSSR count). The van der Waals surface area contributed by atoms with Crippen molar-refractivity contribution in [3.63, 3.8) is 0 Å². The molecule has 0 radical (unpaired) electrons. The summed E-state index contributed by atoms with van der Waals surface area (Å²) >= 11 is 0. The number of carbonyl (C=O) groups excluding carboxylic acids is 1. The molecule has 0 spiro atoms. The number of ether oxygens (including phenoxy) is 1. The summed E-state index contributed by atoms with van der Waals surface area (Å²) in [6, 6.07) is 8.10. The van der Waals surface area contributed by atoms with E-state index in [1.54, 1.807) is 6.33 Å². The number of hydrogen-bond donors (Lipinski definition) is 0. The van der Waals surface area contributed by atoms with Gasteiger partial charge >= 0.3 is 0 Å². The molecule has 0 bridgehead atoms. The summed E-state index contributed by atoms with van der Waals surface area (Å²) in [5.41, 5.74) is 1.21. The van der Waals surface area contributed by atoms with E-state index in [0.717, 1.165) is 31.6 Å². The summed E-state index contributed by atoms with van der Waals surface area (Å²) in [6.45, 7) is 3.63. The second kappa shape index (κ2) is 7.26. The van der Waals surface area contributed by atoms with E-state index in [1.807, 2.05) is 27.8 Å². The van der Waals surface area contributed by atoms with Gasteiger partial charge in [-0.3, -0.25) is 4.79 Å². The molecule has 0 N–H and O–H groups in total. The van der Waals surface area contributed by atoms with Crippen LogP contribution in [0.15, 0.2) is 36.9 Å². The summed E-state index contributed by atoms with van der Waals surface area (Å²) in [7, 11) is 0. The lowest BCUT2D eigenvalue weighted by Crippen LogP contribution is -2.43. The van der Waals surface area contributed by atoms with Gasteiger partial charge in [0.1, 0.15) is 18.4 Å². The first kappa shape index (κ1) is 15.5. The van der Waals surface area contributed by atoms with Crippen molar-refractivity contribution >= 4 is 5.91 Å². The molecular formula is C17H22N4O2. The number of hydrogen-bond acceptors (Lipinski definition) is 4. The van der Waals surface area contributed by atoms with Crippen LogP contribution in [0, 0.1) is 0 Å². The standard InChI is InChI=1S/C17H22N4O2/c1-2-14-5-3-7-16(9-14)23-11-17(22)20-8-4-6-15(10-20)21-13-18-12-19-21/h3,5,7,9,12-13,15H,2,4,6,8,10-11H2,1H3/t15-/m1/s1. The highest BCUT2D eigenvalue weighted by Crippen LogP contribution is 2.20. The smallest absolute Gasteiger partial charge is 0.260 e. The number of aryl methyl sites for hydroxylation is 1. The lowest BCUT2D eigenvalue weighted by Gasteiger charge is -2.32. The van der Waals surface area contributed by atoms with Crippen LogP contribution in [-0.4, -0.2) is 45.3 Å². The molecule has 23 heavy (non-hydrogen) atoms. The van der Waals surface area contributed by atoms with Crippen molar-refractivity contribution in [2.45, 2.75) is 32.2 Å². The number of nitrogens with zero attached hydrogens (tertiary/aromatic N) is 4. The Morgan fingerprint density at radius 2 is 2.35 bits per heavy atom. The molecule has 0 aliphatic carbocycles. The predicted molar refractivity (Wildman–Crippen MR) is 86.2 cm³/mol. The highest BCUT2D eigenvalue weighted by Gasteiger charge is 2.25. The molecule has 1 aliphatic heterocycles. The Labute approximate surface area is 136 Å². The van der Waals surface area contributed by atoms with E-state index in [-0.39, 0.29) is 18.6 Å². The second-order valence-corrected chi connectivity index (χ2v) is 5.80. The van der Waals surface area contributed by atoms with E-state index in [4.69, 9.17) is 4.74 Å². The predicted octanol–water partition coefficient (Wildman–Crippen LogP) is 2.08. The van der Waals surface area contributed by atoms with Gasteiger partial charge in [0.2, 0.25) is 0 Å². The van der Waals surface area contributed by atoms with Crippen LogP contribution in [-0.2, 0) is 11.2 Å². The monoisotopic (exact) mass is 314 g/mol. The van der Waals surface area contributed by atoms with Gasteiger partial charge in [0.25, 0.3) is 5.91 Å². The number of piperidine rings is 1. The van der Waals surface area contributed by atoms with Gasteiger partial charge in [0.15, 0.2) is 6.61 Å². The summed E-state index contributed by atoms with van der Waals surface area (Å²) < 4.78 is 7.50. The Kier molecular flexibility index (Phi) is 4.90. The van der Waals surface area contributed by atoms with Crippen LogP contribution in [0.4, 0.5) is 0 Å². The van der Waals surface area contributed by atoms with Gasteiger partial charge < -0.3 is 9.64 Å². The third-order valence-corrected chi connectivity index (χ3v) is 4.23. The molecule has 2 aromatic rings. The maximum atomic E-state index is 12.4. The van der Waals surface area contributed by atoms with Crippen LogP contribution in [0.1, 0.15) is 31.4 Å². The van der Waals surface area contributed by atoms with E-state index in [2.05, 4.69) is 23.1 Å². The Bertz CT molecular complexity index is 642. The molecule has 1 atom stereocenters. The maximum absolute atomic E-state index is 12.4. The van der Waals surface area contributed by atoms with E-state index in [9.17, 15) is 4.79 Å². The van der Waals surface area contributed by atoms with Crippen molar-refractivity contribution in [1.29, 1.82) is 0 Å². The van der Waals surface area contributed by atoms with Gasteiger partial charge in [-0.05, 0) is 37.0 Å². The first-order valence-corrected chi connectivity index (χ1v) is 8.10. The van der Waals surface area contributed by atoms with Crippen LogP contribution >= 0.6 is 0 Å². The molecule has 1 saturated heterocycles. The fourth-order valence-corrected chi connectivity index (χ4v) is 2.89. The maximum Gasteiger partial charge on any atom is 0.260 e. The average Bonchev–Trinajstić information content (AvgIpc) is 3.14.